The smallest absolute Gasteiger partial charge is 0.341 e. The molecule has 0 spiro atoms. The van der Waals surface area contributed by atoms with Crippen molar-refractivity contribution in [1.29, 1.82) is 0 Å². The standard InChI is InChI=1S/C16H14FN3O4S/c17-10-5-8-12-15(13(10)19-2-1-18-11(21)7-19)25-4-3-20(12)6-9(14(8)22)16(23)24/h5-6H,1-4,7H2,(H,18,21)(H,23,24). The Morgan fingerprint density at radius 2 is 2.12 bits per heavy atom. The van der Waals surface area contributed by atoms with Crippen molar-refractivity contribution >= 4 is 40.2 Å². The van der Waals surface area contributed by atoms with Gasteiger partial charge in [0.15, 0.2) is 0 Å². The van der Waals surface area contributed by atoms with Crippen LogP contribution in [0.4, 0.5) is 10.1 Å². The van der Waals surface area contributed by atoms with Gasteiger partial charge in [0.25, 0.3) is 0 Å². The number of benzene rings is 1. The van der Waals surface area contributed by atoms with E-state index in [1.54, 1.807) is 9.47 Å². The zero-order valence-electron chi connectivity index (χ0n) is 13.0. The van der Waals surface area contributed by atoms with Crippen molar-refractivity contribution in [2.24, 2.45) is 0 Å². The lowest BCUT2D eigenvalue weighted by Gasteiger charge is -2.32. The largest absolute Gasteiger partial charge is 0.477 e. The van der Waals surface area contributed by atoms with Crippen LogP contribution in [-0.2, 0) is 11.3 Å². The number of carboxylic acid groups (broad SMARTS) is 1. The number of carbonyl (C=O) groups excluding carboxylic acids is 1. The lowest BCUT2D eigenvalue weighted by atomic mass is 10.1. The van der Waals surface area contributed by atoms with E-state index in [0.717, 1.165) is 6.07 Å². The fourth-order valence-electron chi connectivity index (χ4n) is 3.32. The van der Waals surface area contributed by atoms with E-state index in [-0.39, 0.29) is 23.4 Å². The molecule has 1 aromatic carbocycles. The predicted octanol–water partition coefficient (Wildman–Crippen LogP) is 0.881. The number of aryl methyl sites for hydroxylation is 1. The molecule has 2 aromatic rings. The van der Waals surface area contributed by atoms with E-state index in [2.05, 4.69) is 5.32 Å². The highest BCUT2D eigenvalue weighted by atomic mass is 32.2. The molecule has 4 rings (SSSR count). The number of anilines is 1. The zero-order valence-corrected chi connectivity index (χ0v) is 13.9. The number of carbonyl (C=O) groups is 2. The number of rotatable bonds is 2. The normalized spacial score (nSPS) is 16.8. The Bertz CT molecular complexity index is 988. The minimum absolute atomic E-state index is 0.0490. The van der Waals surface area contributed by atoms with Crippen LogP contribution in [0.25, 0.3) is 10.9 Å². The van der Waals surface area contributed by atoms with Crippen LogP contribution in [-0.4, -0.2) is 46.9 Å². The van der Waals surface area contributed by atoms with E-state index in [1.165, 1.54) is 18.0 Å². The minimum Gasteiger partial charge on any atom is -0.477 e. The summed E-state index contributed by atoms with van der Waals surface area (Å²) in [4.78, 5) is 37.7. The third kappa shape index (κ3) is 2.46. The second-order valence-corrected chi connectivity index (χ2v) is 7.03. The molecule has 2 aliphatic heterocycles. The van der Waals surface area contributed by atoms with Crippen LogP contribution >= 0.6 is 11.8 Å². The summed E-state index contributed by atoms with van der Waals surface area (Å²) in [7, 11) is 0. The number of hydrogen-bond acceptors (Lipinski definition) is 5. The highest BCUT2D eigenvalue weighted by Crippen LogP contribution is 2.41. The van der Waals surface area contributed by atoms with Crippen LogP contribution in [0.3, 0.4) is 0 Å². The van der Waals surface area contributed by atoms with Crippen LogP contribution in [0.5, 0.6) is 0 Å². The maximum absolute atomic E-state index is 14.9. The quantitative estimate of drug-likeness (QED) is 0.823. The van der Waals surface area contributed by atoms with Gasteiger partial charge in [0.05, 0.1) is 28.0 Å². The van der Waals surface area contributed by atoms with Crippen molar-refractivity contribution in [3.63, 3.8) is 0 Å². The summed E-state index contributed by atoms with van der Waals surface area (Å²) >= 11 is 1.42. The van der Waals surface area contributed by atoms with Gasteiger partial charge in [-0.3, -0.25) is 9.59 Å². The molecule has 0 bridgehead atoms. The topological polar surface area (TPSA) is 91.6 Å². The van der Waals surface area contributed by atoms with E-state index in [0.29, 0.717) is 41.5 Å². The van der Waals surface area contributed by atoms with Gasteiger partial charge >= 0.3 is 5.97 Å². The van der Waals surface area contributed by atoms with Crippen LogP contribution < -0.4 is 15.6 Å². The Morgan fingerprint density at radius 1 is 1.32 bits per heavy atom. The van der Waals surface area contributed by atoms with Crippen LogP contribution in [0.2, 0.25) is 0 Å². The molecule has 0 unspecified atom stereocenters. The minimum atomic E-state index is -1.33. The molecule has 25 heavy (non-hydrogen) atoms. The Balaban J connectivity index is 2.02. The molecule has 1 fully saturated rings. The molecule has 2 N–H and O–H groups in total. The lowest BCUT2D eigenvalue weighted by Crippen LogP contribution is -2.48. The highest BCUT2D eigenvalue weighted by molar-refractivity contribution is 7.99. The summed E-state index contributed by atoms with van der Waals surface area (Å²) in [5.74, 6) is -1.50. The van der Waals surface area contributed by atoms with E-state index in [9.17, 15) is 23.9 Å². The molecule has 0 atom stereocenters. The average Bonchev–Trinajstić information content (AvgIpc) is 2.57. The van der Waals surface area contributed by atoms with E-state index < -0.39 is 17.2 Å². The summed E-state index contributed by atoms with van der Waals surface area (Å²) in [6.45, 7) is 1.47. The number of nitrogens with one attached hydrogen (secondary N) is 1. The zero-order chi connectivity index (χ0) is 17.7. The van der Waals surface area contributed by atoms with Crippen molar-refractivity contribution < 1.29 is 19.1 Å². The van der Waals surface area contributed by atoms with Gasteiger partial charge in [-0.05, 0) is 6.07 Å². The van der Waals surface area contributed by atoms with Gasteiger partial charge in [0.1, 0.15) is 11.4 Å². The van der Waals surface area contributed by atoms with Crippen LogP contribution in [0.1, 0.15) is 10.4 Å². The van der Waals surface area contributed by atoms with Crippen molar-refractivity contribution in [2.45, 2.75) is 11.4 Å². The number of aromatic carboxylic acids is 1. The molecule has 1 amide bonds. The SMILES string of the molecule is O=C1CN(c2c(F)cc3c(=O)c(C(=O)O)cn4c3c2SCC4)CCN1. The number of pyridine rings is 1. The van der Waals surface area contributed by atoms with Gasteiger partial charge in [-0.25, -0.2) is 9.18 Å². The van der Waals surface area contributed by atoms with E-state index >= 15 is 0 Å². The van der Waals surface area contributed by atoms with Gasteiger partial charge in [-0.15, -0.1) is 11.8 Å². The summed E-state index contributed by atoms with van der Waals surface area (Å²) in [5, 5.41) is 12.0. The number of carboxylic acids is 1. The second-order valence-electron chi connectivity index (χ2n) is 5.92. The number of amides is 1. The van der Waals surface area contributed by atoms with Crippen molar-refractivity contribution in [3.05, 3.63) is 33.9 Å². The number of nitrogens with zero attached hydrogens (tertiary/aromatic N) is 2. The molecule has 3 heterocycles. The Kier molecular flexibility index (Phi) is 3.68. The molecule has 9 heteroatoms. The molecule has 0 radical (unpaired) electrons. The Labute approximate surface area is 145 Å². The fraction of sp³-hybridized carbons (Fsp3) is 0.312. The number of hydrogen-bond donors (Lipinski definition) is 2. The molecule has 7 nitrogen and oxygen atoms in total. The molecular formula is C16H14FN3O4S. The van der Waals surface area contributed by atoms with Gasteiger partial charge in [0, 0.05) is 31.6 Å². The molecule has 2 aliphatic rings. The molecule has 1 aromatic heterocycles. The van der Waals surface area contributed by atoms with Gasteiger partial charge < -0.3 is 19.9 Å². The first-order chi connectivity index (χ1) is 12.0. The number of piperazine rings is 1. The van der Waals surface area contributed by atoms with Crippen molar-refractivity contribution in [1.82, 2.24) is 9.88 Å². The van der Waals surface area contributed by atoms with Crippen LogP contribution in [0, 0.1) is 5.82 Å². The molecule has 130 valence electrons. The van der Waals surface area contributed by atoms with Gasteiger partial charge in [-0.2, -0.15) is 0 Å². The monoisotopic (exact) mass is 363 g/mol. The Hall–Kier alpha value is -2.55. The first-order valence-corrected chi connectivity index (χ1v) is 8.73. The summed E-state index contributed by atoms with van der Waals surface area (Å²) in [6.07, 6.45) is 1.32. The molecule has 0 saturated carbocycles. The predicted molar refractivity (Wildman–Crippen MR) is 91.1 cm³/mol. The summed E-state index contributed by atoms with van der Waals surface area (Å²) in [5.41, 5.74) is -0.212. The number of halogens is 1. The first-order valence-electron chi connectivity index (χ1n) is 7.74. The molecule has 1 saturated heterocycles. The van der Waals surface area contributed by atoms with E-state index in [4.69, 9.17) is 0 Å². The third-order valence-corrected chi connectivity index (χ3v) is 5.47. The third-order valence-electron chi connectivity index (χ3n) is 4.41. The lowest BCUT2D eigenvalue weighted by molar-refractivity contribution is -0.120. The van der Waals surface area contributed by atoms with Crippen molar-refractivity contribution in [3.8, 4) is 0 Å². The Morgan fingerprint density at radius 3 is 2.84 bits per heavy atom. The van der Waals surface area contributed by atoms with E-state index in [1.807, 2.05) is 0 Å². The number of thioether (sulfide) groups is 1. The number of aromatic nitrogens is 1. The maximum Gasteiger partial charge on any atom is 0.341 e. The molecule has 0 aliphatic carbocycles. The molecular weight excluding hydrogens is 349 g/mol. The van der Waals surface area contributed by atoms with Gasteiger partial charge in [0.2, 0.25) is 11.3 Å². The van der Waals surface area contributed by atoms with Crippen molar-refractivity contribution in [2.75, 3.05) is 30.3 Å². The first kappa shape index (κ1) is 15.9. The average molecular weight is 363 g/mol. The second kappa shape index (κ2) is 5.76. The summed E-state index contributed by atoms with van der Waals surface area (Å²) < 4.78 is 16.6. The fourth-order valence-corrected chi connectivity index (χ4v) is 4.54. The summed E-state index contributed by atoms with van der Waals surface area (Å²) in [6, 6.07) is 1.10. The van der Waals surface area contributed by atoms with Crippen LogP contribution in [0.15, 0.2) is 22.0 Å². The van der Waals surface area contributed by atoms with Gasteiger partial charge in [-0.1, -0.05) is 0 Å². The highest BCUT2D eigenvalue weighted by Gasteiger charge is 2.28. The maximum atomic E-state index is 14.9.